The number of carboxylic acid groups (broad SMARTS) is 1. The summed E-state index contributed by atoms with van der Waals surface area (Å²) < 4.78 is 39.8. The van der Waals surface area contributed by atoms with Gasteiger partial charge in [-0.3, -0.25) is 4.79 Å². The smallest absolute Gasteiger partial charge is 0.411 e. The topological polar surface area (TPSA) is 75.6 Å². The molecule has 0 aliphatic rings. The molecule has 0 unspecified atom stereocenters. The first-order valence-corrected chi connectivity index (χ1v) is 5.97. The van der Waals surface area contributed by atoms with Gasteiger partial charge in [0.2, 0.25) is 5.91 Å². The number of amides is 1. The maximum Gasteiger partial charge on any atom is 0.411 e. The highest BCUT2D eigenvalue weighted by molar-refractivity contribution is 5.94. The lowest BCUT2D eigenvalue weighted by atomic mass is 10.1. The molecule has 0 heterocycles. The molecule has 5 nitrogen and oxygen atoms in total. The number of aromatic carboxylic acids is 1. The molecule has 21 heavy (non-hydrogen) atoms. The Kier molecular flexibility index (Phi) is 5.71. The van der Waals surface area contributed by atoms with Crippen LogP contribution in [0.5, 0.6) is 0 Å². The number of anilines is 1. The number of nitrogens with one attached hydrogen (secondary N) is 1. The SMILES string of the molecule is Cc1ccc(C(=O)O)cc1NC(=O)CCOCC(F)(F)F. The van der Waals surface area contributed by atoms with E-state index in [9.17, 15) is 22.8 Å². The van der Waals surface area contributed by atoms with E-state index in [1.165, 1.54) is 18.2 Å². The predicted molar refractivity (Wildman–Crippen MR) is 68.3 cm³/mol. The van der Waals surface area contributed by atoms with Gasteiger partial charge in [0.15, 0.2) is 0 Å². The van der Waals surface area contributed by atoms with Crippen molar-refractivity contribution < 1.29 is 32.6 Å². The van der Waals surface area contributed by atoms with Crippen LogP contribution in [0.15, 0.2) is 18.2 Å². The van der Waals surface area contributed by atoms with Crippen molar-refractivity contribution in [1.82, 2.24) is 0 Å². The Morgan fingerprint density at radius 1 is 1.33 bits per heavy atom. The van der Waals surface area contributed by atoms with Crippen LogP contribution in [0.3, 0.4) is 0 Å². The van der Waals surface area contributed by atoms with Gasteiger partial charge in [-0.25, -0.2) is 4.79 Å². The quantitative estimate of drug-likeness (QED) is 0.792. The fourth-order valence-corrected chi connectivity index (χ4v) is 1.46. The standard InChI is InChI=1S/C13H14F3NO4/c1-8-2-3-9(12(19)20)6-10(8)17-11(18)4-5-21-7-13(14,15)16/h2-3,6H,4-5,7H2,1H3,(H,17,18)(H,19,20). The minimum Gasteiger partial charge on any atom is -0.478 e. The van der Waals surface area contributed by atoms with Crippen LogP contribution in [0.1, 0.15) is 22.3 Å². The van der Waals surface area contributed by atoms with Gasteiger partial charge >= 0.3 is 12.1 Å². The van der Waals surface area contributed by atoms with Crippen LogP contribution in [-0.4, -0.2) is 36.4 Å². The molecule has 8 heteroatoms. The highest BCUT2D eigenvalue weighted by Gasteiger charge is 2.27. The number of rotatable bonds is 6. The number of carboxylic acids is 1. The molecule has 1 aromatic carbocycles. The van der Waals surface area contributed by atoms with Crippen LogP contribution >= 0.6 is 0 Å². The average Bonchev–Trinajstić information content (AvgIpc) is 2.36. The van der Waals surface area contributed by atoms with E-state index in [0.29, 0.717) is 11.3 Å². The number of hydrogen-bond donors (Lipinski definition) is 2. The third-order valence-corrected chi connectivity index (χ3v) is 2.50. The Balaban J connectivity index is 2.51. The van der Waals surface area contributed by atoms with Crippen molar-refractivity contribution >= 4 is 17.6 Å². The molecule has 0 spiro atoms. The minimum atomic E-state index is -4.43. The predicted octanol–water partition coefficient (Wildman–Crippen LogP) is 2.60. The van der Waals surface area contributed by atoms with Crippen LogP contribution in [0.4, 0.5) is 18.9 Å². The highest BCUT2D eigenvalue weighted by Crippen LogP contribution is 2.17. The highest BCUT2D eigenvalue weighted by atomic mass is 19.4. The lowest BCUT2D eigenvalue weighted by Gasteiger charge is -2.10. The molecule has 0 aliphatic heterocycles. The number of aryl methyl sites for hydroxylation is 1. The zero-order valence-corrected chi connectivity index (χ0v) is 11.2. The van der Waals surface area contributed by atoms with Crippen LogP contribution in [-0.2, 0) is 9.53 Å². The van der Waals surface area contributed by atoms with Gasteiger partial charge in [-0.1, -0.05) is 6.07 Å². The number of carbonyl (C=O) groups excluding carboxylic acids is 1. The monoisotopic (exact) mass is 305 g/mol. The Labute approximate surface area is 118 Å². The maximum absolute atomic E-state index is 11.8. The number of alkyl halides is 3. The lowest BCUT2D eigenvalue weighted by molar-refractivity contribution is -0.174. The van der Waals surface area contributed by atoms with Gasteiger partial charge in [-0.2, -0.15) is 13.2 Å². The second kappa shape index (κ2) is 7.07. The molecule has 1 rings (SSSR count). The summed E-state index contributed by atoms with van der Waals surface area (Å²) in [6.45, 7) is -0.113. The van der Waals surface area contributed by atoms with Crippen LogP contribution in [0.25, 0.3) is 0 Å². The van der Waals surface area contributed by atoms with Crippen molar-refractivity contribution in [2.75, 3.05) is 18.5 Å². The summed E-state index contributed by atoms with van der Waals surface area (Å²) in [5.41, 5.74) is 0.949. The van der Waals surface area contributed by atoms with Gasteiger partial charge in [0.1, 0.15) is 6.61 Å². The van der Waals surface area contributed by atoms with E-state index in [-0.39, 0.29) is 18.6 Å². The zero-order chi connectivity index (χ0) is 16.0. The molecule has 0 saturated carbocycles. The van der Waals surface area contributed by atoms with Crippen LogP contribution in [0, 0.1) is 6.92 Å². The molecule has 0 atom stereocenters. The Bertz CT molecular complexity index is 529. The summed E-state index contributed by atoms with van der Waals surface area (Å²) in [6.07, 6.45) is -4.68. The molecule has 0 bridgehead atoms. The fraction of sp³-hybridized carbons (Fsp3) is 0.385. The molecule has 0 radical (unpaired) electrons. The summed E-state index contributed by atoms with van der Waals surface area (Å²) in [6, 6.07) is 4.20. The van der Waals surface area contributed by atoms with E-state index in [1.54, 1.807) is 6.92 Å². The normalized spacial score (nSPS) is 11.2. The molecule has 116 valence electrons. The second-order valence-corrected chi connectivity index (χ2v) is 4.30. The van der Waals surface area contributed by atoms with E-state index in [4.69, 9.17) is 5.11 Å². The van der Waals surface area contributed by atoms with Gasteiger partial charge in [0.05, 0.1) is 18.6 Å². The third kappa shape index (κ3) is 6.26. The largest absolute Gasteiger partial charge is 0.478 e. The van der Waals surface area contributed by atoms with Gasteiger partial charge in [0, 0.05) is 5.69 Å². The van der Waals surface area contributed by atoms with Gasteiger partial charge in [0.25, 0.3) is 0 Å². The molecule has 0 saturated heterocycles. The summed E-state index contributed by atoms with van der Waals surface area (Å²) >= 11 is 0. The first-order chi connectivity index (χ1) is 9.69. The Hall–Kier alpha value is -2.09. The first kappa shape index (κ1) is 17.0. The lowest BCUT2D eigenvalue weighted by Crippen LogP contribution is -2.20. The van der Waals surface area contributed by atoms with E-state index in [0.717, 1.165) is 0 Å². The summed E-state index contributed by atoms with van der Waals surface area (Å²) in [5.74, 6) is -1.69. The van der Waals surface area contributed by atoms with Crippen molar-refractivity contribution in [3.8, 4) is 0 Å². The number of hydrogen-bond acceptors (Lipinski definition) is 3. The number of benzene rings is 1. The molecule has 1 amide bonds. The van der Waals surface area contributed by atoms with Gasteiger partial charge < -0.3 is 15.2 Å². The van der Waals surface area contributed by atoms with Crippen molar-refractivity contribution in [3.63, 3.8) is 0 Å². The summed E-state index contributed by atoms with van der Waals surface area (Å²) in [4.78, 5) is 22.4. The second-order valence-electron chi connectivity index (χ2n) is 4.30. The number of ether oxygens (including phenoxy) is 1. The maximum atomic E-state index is 11.8. The van der Waals surface area contributed by atoms with E-state index < -0.39 is 24.7 Å². The van der Waals surface area contributed by atoms with Crippen molar-refractivity contribution in [2.45, 2.75) is 19.5 Å². The summed E-state index contributed by atoms with van der Waals surface area (Å²) in [7, 11) is 0. The molecule has 1 aromatic rings. The number of halogens is 3. The third-order valence-electron chi connectivity index (χ3n) is 2.50. The van der Waals surface area contributed by atoms with Gasteiger partial charge in [-0.05, 0) is 24.6 Å². The molecular weight excluding hydrogens is 291 g/mol. The molecule has 0 fully saturated rings. The number of carbonyl (C=O) groups is 2. The van der Waals surface area contributed by atoms with Crippen LogP contribution in [0.2, 0.25) is 0 Å². The van der Waals surface area contributed by atoms with Crippen molar-refractivity contribution in [3.05, 3.63) is 29.3 Å². The Morgan fingerprint density at radius 3 is 2.57 bits per heavy atom. The first-order valence-electron chi connectivity index (χ1n) is 5.97. The van der Waals surface area contributed by atoms with E-state index in [1.807, 2.05) is 0 Å². The summed E-state index contributed by atoms with van der Waals surface area (Å²) in [5, 5.41) is 11.3. The van der Waals surface area contributed by atoms with Crippen LogP contribution < -0.4 is 5.32 Å². The Morgan fingerprint density at radius 2 is 2.00 bits per heavy atom. The minimum absolute atomic E-state index is 0.00391. The fourth-order valence-electron chi connectivity index (χ4n) is 1.46. The van der Waals surface area contributed by atoms with E-state index >= 15 is 0 Å². The van der Waals surface area contributed by atoms with Crippen molar-refractivity contribution in [1.29, 1.82) is 0 Å². The average molecular weight is 305 g/mol. The van der Waals surface area contributed by atoms with Crippen molar-refractivity contribution in [2.24, 2.45) is 0 Å². The van der Waals surface area contributed by atoms with Gasteiger partial charge in [-0.15, -0.1) is 0 Å². The molecule has 2 N–H and O–H groups in total. The molecular formula is C13H14F3NO4. The zero-order valence-electron chi connectivity index (χ0n) is 11.2. The molecule has 0 aliphatic carbocycles. The van der Waals surface area contributed by atoms with E-state index in [2.05, 4.69) is 10.1 Å². The molecule has 0 aromatic heterocycles.